The van der Waals surface area contributed by atoms with Crippen molar-refractivity contribution in [3.05, 3.63) is 22.4 Å². The van der Waals surface area contributed by atoms with Gasteiger partial charge in [-0.25, -0.2) is 0 Å². The third kappa shape index (κ3) is 3.54. The van der Waals surface area contributed by atoms with Crippen molar-refractivity contribution in [1.82, 2.24) is 10.2 Å². The van der Waals surface area contributed by atoms with Gasteiger partial charge >= 0.3 is 0 Å². The highest BCUT2D eigenvalue weighted by atomic mass is 32.1. The molecular formula is C13H21N3OS. The van der Waals surface area contributed by atoms with Crippen LogP contribution < -0.4 is 11.1 Å². The first-order valence-electron chi connectivity index (χ1n) is 6.33. The SMILES string of the molecule is CC1(CN)CCN(CC(=O)NCc2cccs2)C1. The number of hydrogen-bond acceptors (Lipinski definition) is 4. The zero-order valence-corrected chi connectivity index (χ0v) is 11.6. The largest absolute Gasteiger partial charge is 0.350 e. The molecule has 0 spiro atoms. The van der Waals surface area contributed by atoms with E-state index in [-0.39, 0.29) is 11.3 Å². The lowest BCUT2D eigenvalue weighted by Crippen LogP contribution is -2.38. The normalized spacial score (nSPS) is 24.3. The number of hydrogen-bond donors (Lipinski definition) is 2. The molecule has 0 bridgehead atoms. The molecule has 3 N–H and O–H groups in total. The number of nitrogens with one attached hydrogen (secondary N) is 1. The molecule has 1 aromatic heterocycles. The second kappa shape index (κ2) is 5.82. The monoisotopic (exact) mass is 267 g/mol. The Morgan fingerprint density at radius 2 is 2.50 bits per heavy atom. The summed E-state index contributed by atoms with van der Waals surface area (Å²) in [5.74, 6) is 0.102. The van der Waals surface area contributed by atoms with Gasteiger partial charge in [0.05, 0.1) is 13.1 Å². The van der Waals surface area contributed by atoms with E-state index in [1.807, 2.05) is 17.5 Å². The number of nitrogens with zero attached hydrogens (tertiary/aromatic N) is 1. The predicted molar refractivity (Wildman–Crippen MR) is 74.4 cm³/mol. The average Bonchev–Trinajstić information content (AvgIpc) is 2.97. The summed E-state index contributed by atoms with van der Waals surface area (Å²) in [4.78, 5) is 15.2. The molecule has 4 nitrogen and oxygen atoms in total. The van der Waals surface area contributed by atoms with E-state index < -0.39 is 0 Å². The lowest BCUT2D eigenvalue weighted by molar-refractivity contribution is -0.122. The molecule has 5 heteroatoms. The predicted octanol–water partition coefficient (Wildman–Crippen LogP) is 1.04. The van der Waals surface area contributed by atoms with Crippen LogP contribution in [0.25, 0.3) is 0 Å². The summed E-state index contributed by atoms with van der Waals surface area (Å²) in [6.07, 6.45) is 1.09. The highest BCUT2D eigenvalue weighted by Crippen LogP contribution is 2.27. The van der Waals surface area contributed by atoms with E-state index in [4.69, 9.17) is 5.73 Å². The highest BCUT2D eigenvalue weighted by Gasteiger charge is 2.32. The Labute approximate surface area is 112 Å². The molecule has 18 heavy (non-hydrogen) atoms. The standard InChI is InChI=1S/C13H21N3OS/c1-13(9-14)4-5-16(10-13)8-12(17)15-7-11-3-2-6-18-11/h2-3,6H,4-5,7-10,14H2,1H3,(H,15,17). The molecule has 1 atom stereocenters. The fraction of sp³-hybridized carbons (Fsp3) is 0.615. The lowest BCUT2D eigenvalue weighted by atomic mass is 9.90. The first-order chi connectivity index (χ1) is 8.61. The zero-order chi connectivity index (χ0) is 13.0. The third-order valence-corrected chi connectivity index (χ3v) is 4.41. The van der Waals surface area contributed by atoms with Crippen LogP contribution in [0.15, 0.2) is 17.5 Å². The lowest BCUT2D eigenvalue weighted by Gasteiger charge is -2.22. The second-order valence-corrected chi connectivity index (χ2v) is 6.36. The van der Waals surface area contributed by atoms with Gasteiger partial charge in [-0.1, -0.05) is 13.0 Å². The first-order valence-corrected chi connectivity index (χ1v) is 7.21. The number of likely N-dealkylation sites (tertiary alicyclic amines) is 1. The van der Waals surface area contributed by atoms with Crippen molar-refractivity contribution in [3.63, 3.8) is 0 Å². The number of carbonyl (C=O) groups is 1. The molecule has 1 aliphatic heterocycles. The van der Waals surface area contributed by atoms with Crippen molar-refractivity contribution in [3.8, 4) is 0 Å². The second-order valence-electron chi connectivity index (χ2n) is 5.33. The van der Waals surface area contributed by atoms with Crippen LogP contribution in [-0.2, 0) is 11.3 Å². The van der Waals surface area contributed by atoms with Gasteiger partial charge in [-0.05, 0) is 36.4 Å². The molecule has 2 rings (SSSR count). The van der Waals surface area contributed by atoms with Crippen LogP contribution in [-0.4, -0.2) is 37.0 Å². The number of rotatable bonds is 5. The van der Waals surface area contributed by atoms with Crippen LogP contribution in [0, 0.1) is 5.41 Å². The minimum atomic E-state index is 0.102. The molecule has 0 saturated carbocycles. The number of carbonyl (C=O) groups excluding carboxylic acids is 1. The number of thiophene rings is 1. The Bertz CT molecular complexity index is 393. The average molecular weight is 267 g/mol. The van der Waals surface area contributed by atoms with Crippen molar-refractivity contribution in [2.24, 2.45) is 11.1 Å². The summed E-state index contributed by atoms with van der Waals surface area (Å²) in [7, 11) is 0. The topological polar surface area (TPSA) is 58.4 Å². The molecule has 1 aliphatic rings. The third-order valence-electron chi connectivity index (χ3n) is 3.54. The van der Waals surface area contributed by atoms with Crippen molar-refractivity contribution in [2.45, 2.75) is 19.9 Å². The number of amides is 1. The van der Waals surface area contributed by atoms with Gasteiger partial charge in [0.25, 0.3) is 0 Å². The number of nitrogens with two attached hydrogens (primary N) is 1. The van der Waals surface area contributed by atoms with Crippen LogP contribution in [0.5, 0.6) is 0 Å². The van der Waals surface area contributed by atoms with Gasteiger partial charge in [-0.2, -0.15) is 0 Å². The van der Waals surface area contributed by atoms with Crippen LogP contribution in [0.1, 0.15) is 18.2 Å². The summed E-state index contributed by atoms with van der Waals surface area (Å²) in [6, 6.07) is 4.03. The van der Waals surface area contributed by atoms with E-state index in [9.17, 15) is 4.79 Å². The van der Waals surface area contributed by atoms with Gasteiger partial charge < -0.3 is 11.1 Å². The highest BCUT2D eigenvalue weighted by molar-refractivity contribution is 7.09. The summed E-state index contributed by atoms with van der Waals surface area (Å²) in [5, 5.41) is 4.98. The molecule has 0 aliphatic carbocycles. The van der Waals surface area contributed by atoms with Gasteiger partial charge in [0.2, 0.25) is 5.91 Å². The summed E-state index contributed by atoms with van der Waals surface area (Å²) < 4.78 is 0. The molecular weight excluding hydrogens is 246 g/mol. The van der Waals surface area contributed by atoms with E-state index in [1.54, 1.807) is 11.3 Å². The fourth-order valence-corrected chi connectivity index (χ4v) is 2.93. The molecule has 1 fully saturated rings. The molecule has 2 heterocycles. The zero-order valence-electron chi connectivity index (χ0n) is 10.8. The fourth-order valence-electron chi connectivity index (χ4n) is 2.29. The summed E-state index contributed by atoms with van der Waals surface area (Å²) >= 11 is 1.67. The minimum absolute atomic E-state index is 0.102. The maximum Gasteiger partial charge on any atom is 0.234 e. The van der Waals surface area contributed by atoms with Gasteiger partial charge in [0, 0.05) is 11.4 Å². The Kier molecular flexibility index (Phi) is 4.37. The van der Waals surface area contributed by atoms with Gasteiger partial charge in [0.15, 0.2) is 0 Å². The van der Waals surface area contributed by atoms with E-state index in [1.165, 1.54) is 4.88 Å². The molecule has 1 unspecified atom stereocenters. The minimum Gasteiger partial charge on any atom is -0.350 e. The van der Waals surface area contributed by atoms with E-state index in [0.29, 0.717) is 19.6 Å². The van der Waals surface area contributed by atoms with Gasteiger partial charge in [-0.15, -0.1) is 11.3 Å². The Hall–Kier alpha value is -0.910. The van der Waals surface area contributed by atoms with Crippen molar-refractivity contribution in [2.75, 3.05) is 26.2 Å². The molecule has 0 aromatic carbocycles. The smallest absolute Gasteiger partial charge is 0.234 e. The Morgan fingerprint density at radius 1 is 1.67 bits per heavy atom. The molecule has 1 aromatic rings. The molecule has 0 radical (unpaired) electrons. The van der Waals surface area contributed by atoms with E-state index in [0.717, 1.165) is 19.5 Å². The van der Waals surface area contributed by atoms with E-state index in [2.05, 4.69) is 17.1 Å². The van der Waals surface area contributed by atoms with Crippen LogP contribution in [0.3, 0.4) is 0 Å². The van der Waals surface area contributed by atoms with Crippen LogP contribution in [0.2, 0.25) is 0 Å². The molecule has 1 saturated heterocycles. The summed E-state index contributed by atoms with van der Waals surface area (Å²) in [6.45, 7) is 5.91. The van der Waals surface area contributed by atoms with Crippen molar-refractivity contribution < 1.29 is 4.79 Å². The van der Waals surface area contributed by atoms with Crippen LogP contribution >= 0.6 is 11.3 Å². The molecule has 100 valence electrons. The first kappa shape index (κ1) is 13.5. The molecule has 1 amide bonds. The van der Waals surface area contributed by atoms with Crippen LogP contribution in [0.4, 0.5) is 0 Å². The maximum atomic E-state index is 11.8. The van der Waals surface area contributed by atoms with Crippen molar-refractivity contribution in [1.29, 1.82) is 0 Å². The van der Waals surface area contributed by atoms with Crippen molar-refractivity contribution >= 4 is 17.2 Å². The maximum absolute atomic E-state index is 11.8. The Balaban J connectivity index is 1.72. The Morgan fingerprint density at radius 3 is 3.11 bits per heavy atom. The van der Waals surface area contributed by atoms with E-state index >= 15 is 0 Å². The summed E-state index contributed by atoms with van der Waals surface area (Å²) in [5.41, 5.74) is 5.95. The van der Waals surface area contributed by atoms with Gasteiger partial charge in [-0.3, -0.25) is 9.69 Å². The van der Waals surface area contributed by atoms with Gasteiger partial charge in [0.1, 0.15) is 0 Å². The quantitative estimate of drug-likeness (QED) is 0.838.